The van der Waals surface area contributed by atoms with E-state index in [0.29, 0.717) is 5.56 Å². The summed E-state index contributed by atoms with van der Waals surface area (Å²) in [5.74, 6) is -0.918. The summed E-state index contributed by atoms with van der Waals surface area (Å²) in [6.45, 7) is -1.93. The number of benzene rings is 2. The van der Waals surface area contributed by atoms with Crippen LogP contribution in [0.25, 0.3) is 6.08 Å². The lowest BCUT2D eigenvalue weighted by atomic mass is 9.98. The van der Waals surface area contributed by atoms with E-state index in [1.807, 2.05) is 0 Å². The van der Waals surface area contributed by atoms with Crippen molar-refractivity contribution in [3.8, 4) is 17.2 Å². The van der Waals surface area contributed by atoms with Gasteiger partial charge in [-0.25, -0.2) is 0 Å². The van der Waals surface area contributed by atoms with E-state index < -0.39 is 74.3 Å². The number of aliphatic hydroxyl groups excluding tert-OH is 5. The summed E-state index contributed by atoms with van der Waals surface area (Å²) in [5.41, 5.74) is -1.52. The summed E-state index contributed by atoms with van der Waals surface area (Å²) in [7, 11) is 0. The Bertz CT molecular complexity index is 1190. The Balaban J connectivity index is 1.51. The zero-order valence-corrected chi connectivity index (χ0v) is 20.5. The van der Waals surface area contributed by atoms with Gasteiger partial charge in [-0.15, -0.1) is 0 Å². The lowest BCUT2D eigenvalue weighted by molar-refractivity contribution is -0.318. The van der Waals surface area contributed by atoms with Crippen molar-refractivity contribution in [1.82, 2.24) is 0 Å². The van der Waals surface area contributed by atoms with E-state index in [9.17, 15) is 45.6 Å². The van der Waals surface area contributed by atoms with Crippen LogP contribution < -0.4 is 4.74 Å². The van der Waals surface area contributed by atoms with Crippen LogP contribution in [0.4, 0.5) is 0 Å². The maximum Gasteiger partial charge on any atom is 0.229 e. The van der Waals surface area contributed by atoms with E-state index in [1.165, 1.54) is 36.4 Å². The predicted octanol–water partition coefficient (Wildman–Crippen LogP) is -1.36. The van der Waals surface area contributed by atoms with Gasteiger partial charge in [-0.1, -0.05) is 18.2 Å². The number of ketones is 1. The monoisotopic (exact) mass is 550 g/mol. The van der Waals surface area contributed by atoms with Crippen LogP contribution in [0.1, 0.15) is 15.9 Å². The summed E-state index contributed by atoms with van der Waals surface area (Å²) in [6.07, 6.45) is -7.96. The zero-order valence-electron chi connectivity index (χ0n) is 20.5. The molecule has 39 heavy (non-hydrogen) atoms. The highest BCUT2D eigenvalue weighted by Gasteiger charge is 2.53. The molecule has 2 heterocycles. The summed E-state index contributed by atoms with van der Waals surface area (Å²) in [6, 6.07) is 9.87. The molecule has 0 amide bonds. The minimum Gasteiger partial charge on any atom is -0.508 e. The number of phenols is 2. The molecule has 2 fully saturated rings. The number of carbonyl (C=O) groups excluding carboxylic acids is 1. The molecule has 2 saturated heterocycles. The molecule has 0 aliphatic carbocycles. The molecule has 2 aliphatic heterocycles. The van der Waals surface area contributed by atoms with E-state index in [4.69, 9.17) is 18.9 Å². The molecule has 8 unspecified atom stereocenters. The minimum absolute atomic E-state index is 0.0148. The molecule has 212 valence electrons. The Hall–Kier alpha value is -3.11. The van der Waals surface area contributed by atoms with E-state index >= 15 is 0 Å². The second-order valence-electron chi connectivity index (χ2n) is 9.28. The maximum absolute atomic E-state index is 12.5. The third-order valence-corrected chi connectivity index (χ3v) is 6.48. The van der Waals surface area contributed by atoms with Gasteiger partial charge in [-0.05, 0) is 35.9 Å². The summed E-state index contributed by atoms with van der Waals surface area (Å²) in [5, 5.41) is 79.8. The Labute approximate surface area is 222 Å². The normalized spacial score (nSPS) is 32.9. The SMILES string of the molecule is O=C(C=Cc1cccc(OC2OC(CO)C(O)C(O)C2OC2OCC(O)(CO)C2O)c1)c1ccc(O)cc1O. The first-order valence-corrected chi connectivity index (χ1v) is 12.0. The lowest BCUT2D eigenvalue weighted by Gasteiger charge is -2.42. The number of phenolic OH excluding ortho intramolecular Hbond substituents is 2. The van der Waals surface area contributed by atoms with Gasteiger partial charge >= 0.3 is 0 Å². The largest absolute Gasteiger partial charge is 0.508 e. The van der Waals surface area contributed by atoms with Gasteiger partial charge in [-0.2, -0.15) is 0 Å². The number of aromatic hydroxyl groups is 2. The van der Waals surface area contributed by atoms with Crippen LogP contribution in [0.3, 0.4) is 0 Å². The molecular weight excluding hydrogens is 520 g/mol. The number of aliphatic hydroxyl groups is 6. The molecule has 0 saturated carbocycles. The van der Waals surface area contributed by atoms with E-state index in [-0.39, 0.29) is 22.8 Å². The Morgan fingerprint density at radius 2 is 1.82 bits per heavy atom. The molecule has 0 bridgehead atoms. The van der Waals surface area contributed by atoms with Gasteiger partial charge in [0.25, 0.3) is 0 Å². The zero-order chi connectivity index (χ0) is 28.3. The van der Waals surface area contributed by atoms with Crippen molar-refractivity contribution in [2.24, 2.45) is 0 Å². The fraction of sp³-hybridized carbons (Fsp3) is 0.423. The Morgan fingerprint density at radius 1 is 1.05 bits per heavy atom. The molecule has 8 atom stereocenters. The smallest absolute Gasteiger partial charge is 0.229 e. The lowest BCUT2D eigenvalue weighted by Crippen LogP contribution is -2.62. The van der Waals surface area contributed by atoms with E-state index in [0.717, 1.165) is 6.07 Å². The van der Waals surface area contributed by atoms with Gasteiger partial charge in [0.05, 0.1) is 25.4 Å². The number of carbonyl (C=O) groups is 1. The number of rotatable bonds is 9. The molecule has 8 N–H and O–H groups in total. The third kappa shape index (κ3) is 6.22. The van der Waals surface area contributed by atoms with Crippen molar-refractivity contribution < 1.29 is 64.6 Å². The first kappa shape index (κ1) is 28.9. The quantitative estimate of drug-likeness (QED) is 0.134. The van der Waals surface area contributed by atoms with Crippen molar-refractivity contribution in [1.29, 1.82) is 0 Å². The number of hydrogen-bond acceptors (Lipinski definition) is 13. The third-order valence-electron chi connectivity index (χ3n) is 6.48. The Morgan fingerprint density at radius 3 is 2.49 bits per heavy atom. The summed E-state index contributed by atoms with van der Waals surface area (Å²) < 4.78 is 22.3. The van der Waals surface area contributed by atoms with Gasteiger partial charge < -0.3 is 59.8 Å². The van der Waals surface area contributed by atoms with Crippen molar-refractivity contribution >= 4 is 11.9 Å². The molecular formula is C26H30O13. The second kappa shape index (κ2) is 12.0. The van der Waals surface area contributed by atoms with Crippen molar-refractivity contribution in [2.75, 3.05) is 19.8 Å². The van der Waals surface area contributed by atoms with Crippen molar-refractivity contribution in [3.05, 3.63) is 59.7 Å². The first-order valence-electron chi connectivity index (χ1n) is 12.0. The molecule has 2 aromatic carbocycles. The van der Waals surface area contributed by atoms with Gasteiger partial charge in [0, 0.05) is 6.07 Å². The van der Waals surface area contributed by atoms with Crippen molar-refractivity contribution in [2.45, 2.75) is 48.7 Å². The predicted molar refractivity (Wildman–Crippen MR) is 131 cm³/mol. The van der Waals surface area contributed by atoms with Gasteiger partial charge in [0.15, 0.2) is 18.2 Å². The van der Waals surface area contributed by atoms with Crippen LogP contribution in [0.2, 0.25) is 0 Å². The number of ether oxygens (including phenoxy) is 4. The molecule has 0 spiro atoms. The van der Waals surface area contributed by atoms with Crippen LogP contribution in [-0.4, -0.2) is 115 Å². The van der Waals surface area contributed by atoms with Gasteiger partial charge in [0.2, 0.25) is 6.29 Å². The first-order chi connectivity index (χ1) is 18.6. The van der Waals surface area contributed by atoms with Crippen LogP contribution >= 0.6 is 0 Å². The molecule has 13 nitrogen and oxygen atoms in total. The molecule has 2 aromatic rings. The van der Waals surface area contributed by atoms with E-state index in [2.05, 4.69) is 0 Å². The van der Waals surface area contributed by atoms with E-state index in [1.54, 1.807) is 12.1 Å². The average Bonchev–Trinajstić information content (AvgIpc) is 3.20. The van der Waals surface area contributed by atoms with Gasteiger partial charge in [-0.3, -0.25) is 4.79 Å². The van der Waals surface area contributed by atoms with Crippen LogP contribution in [0.15, 0.2) is 48.5 Å². The highest BCUT2D eigenvalue weighted by molar-refractivity contribution is 6.08. The number of allylic oxidation sites excluding steroid dienone is 1. The average molecular weight is 551 g/mol. The molecule has 0 aromatic heterocycles. The summed E-state index contributed by atoms with van der Waals surface area (Å²) in [4.78, 5) is 12.5. The second-order valence-corrected chi connectivity index (χ2v) is 9.28. The highest BCUT2D eigenvalue weighted by atomic mass is 16.8. The number of hydrogen-bond donors (Lipinski definition) is 8. The molecule has 13 heteroatoms. The highest BCUT2D eigenvalue weighted by Crippen LogP contribution is 2.32. The Kier molecular flexibility index (Phi) is 8.86. The standard InChI is InChI=1S/C26H30O13/c27-10-19-20(32)21(33)22(39-25-23(34)26(35,11-28)12-36-25)24(38-19)37-15-3-1-2-13(8-15)4-7-17(30)16-6-5-14(29)9-18(16)31/h1-9,19-25,27-29,31-35H,10-12H2. The minimum atomic E-state index is -2.00. The maximum atomic E-state index is 12.5. The van der Waals surface area contributed by atoms with Crippen molar-refractivity contribution in [3.63, 3.8) is 0 Å². The van der Waals surface area contributed by atoms with Gasteiger partial charge in [0.1, 0.15) is 47.3 Å². The fourth-order valence-corrected chi connectivity index (χ4v) is 4.18. The molecule has 2 aliphatic rings. The van der Waals surface area contributed by atoms with Crippen LogP contribution in [-0.2, 0) is 14.2 Å². The topological polar surface area (TPSA) is 216 Å². The van der Waals surface area contributed by atoms with Crippen LogP contribution in [0, 0.1) is 0 Å². The summed E-state index contributed by atoms with van der Waals surface area (Å²) >= 11 is 0. The fourth-order valence-electron chi connectivity index (χ4n) is 4.18. The van der Waals surface area contributed by atoms with Crippen LogP contribution in [0.5, 0.6) is 17.2 Å². The molecule has 0 radical (unpaired) electrons. The molecule has 4 rings (SSSR count).